The molecule has 0 fully saturated rings. The van der Waals surface area contributed by atoms with Crippen molar-refractivity contribution in [3.63, 3.8) is 0 Å². The number of hydrogen-bond acceptors (Lipinski definition) is 6. The lowest BCUT2D eigenvalue weighted by Crippen LogP contribution is -2.00. The van der Waals surface area contributed by atoms with E-state index in [9.17, 15) is 10.1 Å². The van der Waals surface area contributed by atoms with Crippen LogP contribution in [0.5, 0.6) is 5.75 Å². The van der Waals surface area contributed by atoms with E-state index >= 15 is 0 Å². The predicted octanol–water partition coefficient (Wildman–Crippen LogP) is 6.63. The fraction of sp³-hybridized carbons (Fsp3) is 0.0526. The minimum Gasteiger partial charge on any atom is -0.486 e. The number of nitrogens with zero attached hydrogens (tertiary/aromatic N) is 3. The summed E-state index contributed by atoms with van der Waals surface area (Å²) < 4.78 is 5.71. The Balaban J connectivity index is 1.70. The minimum atomic E-state index is -0.557. The van der Waals surface area contributed by atoms with Crippen molar-refractivity contribution in [2.75, 3.05) is 5.43 Å². The van der Waals surface area contributed by atoms with Crippen LogP contribution >= 0.6 is 46.4 Å². The molecule has 0 atom stereocenters. The molecule has 3 aromatic rings. The lowest BCUT2D eigenvalue weighted by molar-refractivity contribution is -0.384. The number of nitrogens with one attached hydrogen (secondary N) is 1. The summed E-state index contributed by atoms with van der Waals surface area (Å²) in [5, 5.41) is 16.4. The molecule has 1 heterocycles. The van der Waals surface area contributed by atoms with Gasteiger partial charge >= 0.3 is 5.69 Å². The number of hydrogen-bond donors (Lipinski definition) is 1. The van der Waals surface area contributed by atoms with Gasteiger partial charge in [0.1, 0.15) is 6.61 Å². The molecule has 0 saturated carbocycles. The summed E-state index contributed by atoms with van der Waals surface area (Å²) in [6, 6.07) is 11.1. The third-order valence-electron chi connectivity index (χ3n) is 3.75. The minimum absolute atomic E-state index is 0.0116. The van der Waals surface area contributed by atoms with Crippen molar-refractivity contribution < 1.29 is 9.66 Å². The number of aromatic nitrogens is 1. The molecule has 0 spiro atoms. The smallest absolute Gasteiger partial charge is 0.313 e. The number of rotatable bonds is 7. The van der Waals surface area contributed by atoms with Gasteiger partial charge in [0, 0.05) is 12.3 Å². The molecule has 30 heavy (non-hydrogen) atoms. The van der Waals surface area contributed by atoms with Crippen molar-refractivity contribution >= 4 is 64.1 Å². The number of ether oxygens (including phenoxy) is 1. The van der Waals surface area contributed by atoms with Crippen molar-refractivity contribution in [1.29, 1.82) is 0 Å². The van der Waals surface area contributed by atoms with Gasteiger partial charge in [0.15, 0.2) is 5.75 Å². The molecule has 0 aliphatic carbocycles. The summed E-state index contributed by atoms with van der Waals surface area (Å²) >= 11 is 24.5. The highest BCUT2D eigenvalue weighted by molar-refractivity contribution is 6.42. The Labute approximate surface area is 191 Å². The molecule has 0 aliphatic heterocycles. The summed E-state index contributed by atoms with van der Waals surface area (Å²) in [5.74, 6) is 0.312. The quantitative estimate of drug-likeness (QED) is 0.230. The molecule has 0 bridgehead atoms. The first-order valence-electron chi connectivity index (χ1n) is 8.29. The average molecular weight is 486 g/mol. The first kappa shape index (κ1) is 22.1. The number of anilines is 1. The zero-order valence-electron chi connectivity index (χ0n) is 15.0. The first-order valence-corrected chi connectivity index (χ1v) is 9.80. The fourth-order valence-corrected chi connectivity index (χ4v) is 3.31. The van der Waals surface area contributed by atoms with E-state index in [0.29, 0.717) is 21.4 Å². The maximum absolute atomic E-state index is 11.0. The van der Waals surface area contributed by atoms with E-state index in [4.69, 9.17) is 51.1 Å². The van der Waals surface area contributed by atoms with Crippen LogP contribution in [0, 0.1) is 10.1 Å². The van der Waals surface area contributed by atoms with Crippen molar-refractivity contribution in [2.45, 2.75) is 6.61 Å². The van der Waals surface area contributed by atoms with Gasteiger partial charge in [0.05, 0.1) is 31.2 Å². The summed E-state index contributed by atoms with van der Waals surface area (Å²) in [6.07, 6.45) is 2.82. The van der Waals surface area contributed by atoms with Gasteiger partial charge in [-0.1, -0.05) is 52.5 Å². The zero-order chi connectivity index (χ0) is 21.7. The molecule has 11 heteroatoms. The monoisotopic (exact) mass is 484 g/mol. The molecule has 2 aromatic carbocycles. The van der Waals surface area contributed by atoms with Crippen LogP contribution in [0.25, 0.3) is 0 Å². The molecule has 0 amide bonds. The molecule has 1 N–H and O–H groups in total. The Kier molecular flexibility index (Phi) is 7.33. The normalized spacial score (nSPS) is 10.9. The van der Waals surface area contributed by atoms with Crippen LogP contribution in [0.3, 0.4) is 0 Å². The Hall–Kier alpha value is -2.58. The van der Waals surface area contributed by atoms with E-state index in [-0.39, 0.29) is 28.2 Å². The molecule has 0 radical (unpaired) electrons. The number of halogens is 4. The summed E-state index contributed by atoms with van der Waals surface area (Å²) in [7, 11) is 0. The lowest BCUT2D eigenvalue weighted by atomic mass is 10.2. The number of hydrazone groups is 1. The van der Waals surface area contributed by atoms with Gasteiger partial charge in [-0.15, -0.1) is 0 Å². The van der Waals surface area contributed by atoms with Crippen molar-refractivity contribution in [1.82, 2.24) is 4.98 Å². The molecule has 0 aliphatic rings. The van der Waals surface area contributed by atoms with Gasteiger partial charge in [-0.2, -0.15) is 5.10 Å². The average Bonchev–Trinajstić information content (AvgIpc) is 2.70. The molecule has 0 saturated heterocycles. The summed E-state index contributed by atoms with van der Waals surface area (Å²) in [5.41, 5.74) is 3.68. The SMILES string of the molecule is O=[N+]([O-])c1cccnc1N/N=C\c1cc(Cl)c(OCc2ccc(Cl)c(Cl)c2)c(Cl)c1. The van der Waals surface area contributed by atoms with Crippen LogP contribution in [0.2, 0.25) is 20.1 Å². The molecular weight excluding hydrogens is 474 g/mol. The van der Waals surface area contributed by atoms with Crippen LogP contribution in [0.4, 0.5) is 11.5 Å². The molecule has 3 rings (SSSR count). The fourth-order valence-electron chi connectivity index (χ4n) is 2.38. The van der Waals surface area contributed by atoms with E-state index in [1.54, 1.807) is 30.3 Å². The topological polar surface area (TPSA) is 89.7 Å². The number of benzene rings is 2. The summed E-state index contributed by atoms with van der Waals surface area (Å²) in [6.45, 7) is 0.189. The maximum Gasteiger partial charge on any atom is 0.313 e. The van der Waals surface area contributed by atoms with Crippen LogP contribution in [0.15, 0.2) is 53.8 Å². The Bertz CT molecular complexity index is 1100. The van der Waals surface area contributed by atoms with Gasteiger partial charge in [0.25, 0.3) is 0 Å². The van der Waals surface area contributed by atoms with Gasteiger partial charge in [-0.05, 0) is 41.5 Å². The lowest BCUT2D eigenvalue weighted by Gasteiger charge is -2.11. The third kappa shape index (κ3) is 5.52. The Morgan fingerprint density at radius 3 is 2.47 bits per heavy atom. The van der Waals surface area contributed by atoms with Crippen molar-refractivity contribution in [3.05, 3.63) is 90.0 Å². The largest absolute Gasteiger partial charge is 0.486 e. The second-order valence-corrected chi connectivity index (χ2v) is 7.48. The highest BCUT2D eigenvalue weighted by Crippen LogP contribution is 2.35. The van der Waals surface area contributed by atoms with Gasteiger partial charge in [0.2, 0.25) is 5.82 Å². The standard InChI is InChI=1S/C19H12Cl4N4O3/c20-13-4-3-11(6-14(13)21)10-30-18-15(22)7-12(8-16(18)23)9-25-26-19-17(27(28)29)2-1-5-24-19/h1-9H,10H2,(H,24,26)/b25-9-. The van der Waals surface area contributed by atoms with Gasteiger partial charge in [-0.3, -0.25) is 15.5 Å². The molecule has 1 aromatic heterocycles. The van der Waals surface area contributed by atoms with Gasteiger partial charge < -0.3 is 4.74 Å². The highest BCUT2D eigenvalue weighted by Gasteiger charge is 2.13. The van der Waals surface area contributed by atoms with Crippen molar-refractivity contribution in [2.24, 2.45) is 5.10 Å². The predicted molar refractivity (Wildman–Crippen MR) is 119 cm³/mol. The Morgan fingerprint density at radius 1 is 1.07 bits per heavy atom. The number of pyridine rings is 1. The van der Waals surface area contributed by atoms with Crippen molar-refractivity contribution in [3.8, 4) is 5.75 Å². The maximum atomic E-state index is 11.0. The molecule has 154 valence electrons. The third-order valence-corrected chi connectivity index (χ3v) is 5.06. The van der Waals surface area contributed by atoms with Crippen LogP contribution in [-0.2, 0) is 6.61 Å². The molecule has 7 nitrogen and oxygen atoms in total. The number of nitro groups is 1. The highest BCUT2D eigenvalue weighted by atomic mass is 35.5. The van der Waals surface area contributed by atoms with Crippen LogP contribution in [0.1, 0.15) is 11.1 Å². The van der Waals surface area contributed by atoms with E-state index in [1.807, 2.05) is 0 Å². The summed E-state index contributed by atoms with van der Waals surface area (Å²) in [4.78, 5) is 14.3. The molecular formula is C19H12Cl4N4O3. The Morgan fingerprint density at radius 2 is 1.80 bits per heavy atom. The second-order valence-electron chi connectivity index (χ2n) is 5.85. The van der Waals surface area contributed by atoms with E-state index in [1.165, 1.54) is 24.5 Å². The van der Waals surface area contributed by atoms with Gasteiger partial charge in [-0.25, -0.2) is 4.98 Å². The van der Waals surface area contributed by atoms with E-state index in [0.717, 1.165) is 5.56 Å². The molecule has 0 unspecified atom stereocenters. The second kappa shape index (κ2) is 9.95. The van der Waals surface area contributed by atoms with Crippen LogP contribution in [-0.4, -0.2) is 16.1 Å². The van der Waals surface area contributed by atoms with Crippen LogP contribution < -0.4 is 10.2 Å². The first-order chi connectivity index (χ1) is 14.3. The van der Waals surface area contributed by atoms with E-state index in [2.05, 4.69) is 15.5 Å². The zero-order valence-corrected chi connectivity index (χ0v) is 18.0. The van der Waals surface area contributed by atoms with E-state index < -0.39 is 4.92 Å².